The summed E-state index contributed by atoms with van der Waals surface area (Å²) in [5.41, 5.74) is 4.97. The fourth-order valence-electron chi connectivity index (χ4n) is 0.392. The lowest BCUT2D eigenvalue weighted by atomic mass is 10.1. The molecule has 0 saturated carbocycles. The number of rotatable bonds is 4. The molecule has 0 saturated heterocycles. The van der Waals surface area contributed by atoms with Crippen molar-refractivity contribution >= 4 is 5.91 Å². The van der Waals surface area contributed by atoms with Gasteiger partial charge >= 0.3 is 0 Å². The molecule has 4 nitrogen and oxygen atoms in total. The number of nitrogens with two attached hydrogens (primary N) is 1. The van der Waals surface area contributed by atoms with Gasteiger partial charge in [-0.2, -0.15) is 0 Å². The second kappa shape index (κ2) is 4.31. The largest absolute Gasteiger partial charge is 0.364 e. The molecule has 0 aliphatic rings. The van der Waals surface area contributed by atoms with Gasteiger partial charge in [-0.1, -0.05) is 0 Å². The summed E-state index contributed by atoms with van der Waals surface area (Å²) in [4.78, 5) is 10.7. The van der Waals surface area contributed by atoms with Gasteiger partial charge in [0.1, 0.15) is 6.61 Å². The van der Waals surface area contributed by atoms with Crippen LogP contribution in [0.5, 0.6) is 0 Å². The van der Waals surface area contributed by atoms with Crippen molar-refractivity contribution in [3.8, 4) is 0 Å². The molecule has 1 amide bonds. The van der Waals surface area contributed by atoms with Gasteiger partial charge in [-0.25, -0.2) is 0 Å². The van der Waals surface area contributed by atoms with Gasteiger partial charge in [-0.3, -0.25) is 4.79 Å². The number of hydrogen-bond acceptors (Lipinski definition) is 3. The Bertz CT molecular complexity index is 134. The molecule has 11 heavy (non-hydrogen) atoms. The lowest BCUT2D eigenvalue weighted by Crippen LogP contribution is -2.37. The molecule has 4 heteroatoms. The van der Waals surface area contributed by atoms with E-state index in [0.717, 1.165) is 0 Å². The lowest BCUT2D eigenvalue weighted by Gasteiger charge is -2.22. The minimum atomic E-state index is -0.410. The highest BCUT2D eigenvalue weighted by Crippen LogP contribution is 2.04. The molecule has 0 fully saturated rings. The fourth-order valence-corrected chi connectivity index (χ4v) is 0.392. The fraction of sp³-hybridized carbons (Fsp3) is 0.857. The van der Waals surface area contributed by atoms with Gasteiger partial charge in [0, 0.05) is 13.6 Å². The van der Waals surface area contributed by atoms with Crippen LogP contribution in [0.15, 0.2) is 0 Å². The van der Waals surface area contributed by atoms with Crippen molar-refractivity contribution in [2.45, 2.75) is 19.4 Å². The number of nitrogens with one attached hydrogen (secondary N) is 1. The van der Waals surface area contributed by atoms with Crippen LogP contribution in [0.4, 0.5) is 0 Å². The molecular weight excluding hydrogens is 144 g/mol. The van der Waals surface area contributed by atoms with E-state index in [1.165, 1.54) is 0 Å². The van der Waals surface area contributed by atoms with Crippen molar-refractivity contribution in [2.24, 2.45) is 5.73 Å². The summed E-state index contributed by atoms with van der Waals surface area (Å²) < 4.78 is 5.19. The number of carbonyl (C=O) groups excluding carboxylic acids is 1. The molecule has 3 N–H and O–H groups in total. The van der Waals surface area contributed by atoms with Gasteiger partial charge in [0.25, 0.3) is 0 Å². The van der Waals surface area contributed by atoms with Crippen molar-refractivity contribution in [2.75, 3.05) is 20.2 Å². The average Bonchev–Trinajstić information content (AvgIpc) is 2.00. The zero-order valence-corrected chi connectivity index (χ0v) is 7.31. The van der Waals surface area contributed by atoms with Gasteiger partial charge in [-0.15, -0.1) is 0 Å². The predicted molar refractivity (Wildman–Crippen MR) is 43.2 cm³/mol. The van der Waals surface area contributed by atoms with Gasteiger partial charge in [0.2, 0.25) is 5.91 Å². The van der Waals surface area contributed by atoms with E-state index in [1.54, 1.807) is 7.05 Å². The highest BCUT2D eigenvalue weighted by atomic mass is 16.5. The Morgan fingerprint density at radius 2 is 2.18 bits per heavy atom. The number of likely N-dealkylation sites (N-methyl/N-ethyl adjacent to an activating group) is 1. The molecular formula is C7H16N2O2. The second-order valence-electron chi connectivity index (χ2n) is 2.93. The Kier molecular flexibility index (Phi) is 4.07. The van der Waals surface area contributed by atoms with E-state index in [0.29, 0.717) is 6.54 Å². The minimum absolute atomic E-state index is 0.0701. The van der Waals surface area contributed by atoms with Crippen molar-refractivity contribution in [1.82, 2.24) is 5.32 Å². The summed E-state index contributed by atoms with van der Waals surface area (Å²) in [6, 6.07) is 0. The average molecular weight is 160 g/mol. The molecule has 0 aromatic rings. The topological polar surface area (TPSA) is 64.3 Å². The van der Waals surface area contributed by atoms with Crippen LogP contribution in [-0.4, -0.2) is 31.7 Å². The van der Waals surface area contributed by atoms with Crippen LogP contribution >= 0.6 is 0 Å². The monoisotopic (exact) mass is 160 g/mol. The van der Waals surface area contributed by atoms with E-state index in [-0.39, 0.29) is 12.5 Å². The zero-order chi connectivity index (χ0) is 8.91. The van der Waals surface area contributed by atoms with Crippen LogP contribution in [-0.2, 0) is 9.53 Å². The maximum absolute atomic E-state index is 10.7. The first-order chi connectivity index (χ1) is 5.02. The summed E-state index contributed by atoms with van der Waals surface area (Å²) in [7, 11) is 1.57. The highest BCUT2D eigenvalue weighted by molar-refractivity contribution is 5.76. The van der Waals surface area contributed by atoms with Crippen molar-refractivity contribution in [1.29, 1.82) is 0 Å². The molecule has 0 aliphatic heterocycles. The SMILES string of the molecule is CNC(=O)COC(C)(C)CN. The summed E-state index contributed by atoms with van der Waals surface area (Å²) >= 11 is 0. The molecule has 0 radical (unpaired) electrons. The molecule has 0 unspecified atom stereocenters. The van der Waals surface area contributed by atoms with Crippen LogP contribution < -0.4 is 11.1 Å². The summed E-state index contributed by atoms with van der Waals surface area (Å²) in [5.74, 6) is -0.133. The van der Waals surface area contributed by atoms with E-state index < -0.39 is 5.60 Å². The van der Waals surface area contributed by atoms with E-state index in [9.17, 15) is 4.79 Å². The molecule has 0 aromatic heterocycles. The first-order valence-corrected chi connectivity index (χ1v) is 3.56. The smallest absolute Gasteiger partial charge is 0.245 e. The van der Waals surface area contributed by atoms with E-state index in [4.69, 9.17) is 10.5 Å². The van der Waals surface area contributed by atoms with Gasteiger partial charge < -0.3 is 15.8 Å². The summed E-state index contributed by atoms with van der Waals surface area (Å²) in [5, 5.41) is 2.46. The van der Waals surface area contributed by atoms with Crippen molar-refractivity contribution < 1.29 is 9.53 Å². The van der Waals surface area contributed by atoms with Gasteiger partial charge in [0.15, 0.2) is 0 Å². The summed E-state index contributed by atoms with van der Waals surface area (Å²) in [6.07, 6.45) is 0. The van der Waals surface area contributed by atoms with Crippen LogP contribution in [0.3, 0.4) is 0 Å². The molecule has 0 atom stereocenters. The first-order valence-electron chi connectivity index (χ1n) is 3.56. The number of ether oxygens (including phenoxy) is 1. The lowest BCUT2D eigenvalue weighted by molar-refractivity contribution is -0.130. The maximum atomic E-state index is 10.7. The molecule has 0 heterocycles. The normalized spacial score (nSPS) is 11.3. The van der Waals surface area contributed by atoms with E-state index >= 15 is 0 Å². The Labute approximate surface area is 67.1 Å². The highest BCUT2D eigenvalue weighted by Gasteiger charge is 2.16. The van der Waals surface area contributed by atoms with Crippen LogP contribution in [0, 0.1) is 0 Å². The molecule has 0 rings (SSSR count). The standard InChI is InChI=1S/C7H16N2O2/c1-7(2,5-8)11-4-6(10)9-3/h4-5,8H2,1-3H3,(H,9,10). The number of hydrogen-bond donors (Lipinski definition) is 2. The summed E-state index contributed by atoms with van der Waals surface area (Å²) in [6.45, 7) is 4.16. The van der Waals surface area contributed by atoms with Gasteiger partial charge in [-0.05, 0) is 13.8 Å². The Balaban J connectivity index is 3.61. The van der Waals surface area contributed by atoms with Crippen molar-refractivity contribution in [3.63, 3.8) is 0 Å². The zero-order valence-electron chi connectivity index (χ0n) is 7.31. The molecule has 0 aliphatic carbocycles. The number of amides is 1. The number of carbonyl (C=O) groups is 1. The second-order valence-corrected chi connectivity index (χ2v) is 2.93. The molecule has 0 bridgehead atoms. The quantitative estimate of drug-likeness (QED) is 0.582. The van der Waals surface area contributed by atoms with Crippen LogP contribution in [0.2, 0.25) is 0 Å². The molecule has 66 valence electrons. The van der Waals surface area contributed by atoms with E-state index in [1.807, 2.05) is 13.8 Å². The van der Waals surface area contributed by atoms with Gasteiger partial charge in [0.05, 0.1) is 5.60 Å². The third-order valence-corrected chi connectivity index (χ3v) is 1.36. The van der Waals surface area contributed by atoms with Crippen molar-refractivity contribution in [3.05, 3.63) is 0 Å². The Morgan fingerprint density at radius 1 is 1.64 bits per heavy atom. The first kappa shape index (κ1) is 10.4. The predicted octanol–water partition coefficient (Wildman–Crippen LogP) is -0.514. The Hall–Kier alpha value is -0.610. The van der Waals surface area contributed by atoms with E-state index in [2.05, 4.69) is 5.32 Å². The van der Waals surface area contributed by atoms with Crippen LogP contribution in [0.1, 0.15) is 13.8 Å². The molecule has 0 aromatic carbocycles. The maximum Gasteiger partial charge on any atom is 0.245 e. The third-order valence-electron chi connectivity index (χ3n) is 1.36. The Morgan fingerprint density at radius 3 is 2.55 bits per heavy atom. The third kappa shape index (κ3) is 4.75. The van der Waals surface area contributed by atoms with Crippen LogP contribution in [0.25, 0.3) is 0 Å². The minimum Gasteiger partial charge on any atom is -0.364 e. The molecule has 0 spiro atoms.